The number of benzene rings is 2. The number of hydrogen-bond donors (Lipinski definition) is 2. The Morgan fingerprint density at radius 3 is 2.39 bits per heavy atom. The van der Waals surface area contributed by atoms with E-state index in [4.69, 9.17) is 0 Å². The number of nitrogens with one attached hydrogen (secondary N) is 2. The van der Waals surface area contributed by atoms with Crippen LogP contribution in [0.1, 0.15) is 11.1 Å². The van der Waals surface area contributed by atoms with Gasteiger partial charge >= 0.3 is 12.2 Å². The highest BCUT2D eigenvalue weighted by atomic mass is 19.4. The highest BCUT2D eigenvalue weighted by Crippen LogP contribution is 2.31. The lowest BCUT2D eigenvalue weighted by Gasteiger charge is -2.11. The molecule has 2 amide bonds. The number of urea groups is 1. The minimum atomic E-state index is -4.60. The lowest BCUT2D eigenvalue weighted by molar-refractivity contribution is -0.137. The summed E-state index contributed by atoms with van der Waals surface area (Å²) in [6.07, 6.45) is -4.05. The Morgan fingerprint density at radius 2 is 1.74 bits per heavy atom. The topological polar surface area (TPSA) is 41.1 Å². The SMILES string of the molecule is O=C(NCCc1ccccc1)Nc1cc(C(F)(F)F)ccc1F. The summed E-state index contributed by atoms with van der Waals surface area (Å²) in [6.45, 7) is 0.274. The molecule has 3 nitrogen and oxygen atoms in total. The van der Waals surface area contributed by atoms with E-state index < -0.39 is 29.3 Å². The van der Waals surface area contributed by atoms with E-state index in [1.54, 1.807) is 0 Å². The highest BCUT2D eigenvalue weighted by molar-refractivity contribution is 5.89. The average Bonchev–Trinajstić information content (AvgIpc) is 2.49. The Morgan fingerprint density at radius 1 is 1.04 bits per heavy atom. The van der Waals surface area contributed by atoms with Gasteiger partial charge in [-0.3, -0.25) is 0 Å². The summed E-state index contributed by atoms with van der Waals surface area (Å²) >= 11 is 0. The number of alkyl halides is 3. The van der Waals surface area contributed by atoms with E-state index in [1.165, 1.54) is 0 Å². The van der Waals surface area contributed by atoms with Crippen molar-refractivity contribution in [1.82, 2.24) is 5.32 Å². The summed E-state index contributed by atoms with van der Waals surface area (Å²) in [5.41, 5.74) is -0.548. The first-order valence-corrected chi connectivity index (χ1v) is 6.82. The molecule has 0 saturated heterocycles. The van der Waals surface area contributed by atoms with E-state index in [-0.39, 0.29) is 6.54 Å². The molecule has 0 aliphatic rings. The summed E-state index contributed by atoms with van der Waals surface area (Å²) in [4.78, 5) is 11.6. The van der Waals surface area contributed by atoms with Crippen LogP contribution < -0.4 is 10.6 Å². The molecule has 7 heteroatoms. The lowest BCUT2D eigenvalue weighted by Crippen LogP contribution is -2.30. The standard InChI is InChI=1S/C16H14F4N2O/c17-13-7-6-12(16(18,19)20)10-14(13)22-15(23)21-9-8-11-4-2-1-3-5-11/h1-7,10H,8-9H2,(H2,21,22,23). The second-order valence-electron chi connectivity index (χ2n) is 4.81. The van der Waals surface area contributed by atoms with Crippen LogP contribution in [-0.4, -0.2) is 12.6 Å². The van der Waals surface area contributed by atoms with Crippen LogP contribution >= 0.6 is 0 Å². The van der Waals surface area contributed by atoms with Gasteiger partial charge in [0.25, 0.3) is 0 Å². The van der Waals surface area contributed by atoms with Crippen molar-refractivity contribution in [3.8, 4) is 0 Å². The van der Waals surface area contributed by atoms with E-state index in [1.807, 2.05) is 30.3 Å². The van der Waals surface area contributed by atoms with Crippen molar-refractivity contribution in [2.75, 3.05) is 11.9 Å². The molecule has 0 atom stereocenters. The third kappa shape index (κ3) is 4.98. The molecule has 2 rings (SSSR count). The zero-order chi connectivity index (χ0) is 16.9. The van der Waals surface area contributed by atoms with Crippen LogP contribution in [0.5, 0.6) is 0 Å². The van der Waals surface area contributed by atoms with Gasteiger partial charge < -0.3 is 10.6 Å². The first-order chi connectivity index (χ1) is 10.9. The molecular formula is C16H14F4N2O. The molecule has 0 heterocycles. The van der Waals surface area contributed by atoms with Gasteiger partial charge in [0.05, 0.1) is 11.3 Å². The third-order valence-electron chi connectivity index (χ3n) is 3.08. The van der Waals surface area contributed by atoms with E-state index >= 15 is 0 Å². The number of amides is 2. The van der Waals surface area contributed by atoms with Crippen LogP contribution in [0.4, 0.5) is 28.0 Å². The predicted octanol–water partition coefficient (Wildman–Crippen LogP) is 4.21. The average molecular weight is 326 g/mol. The Bertz CT molecular complexity index is 672. The maximum absolute atomic E-state index is 13.5. The van der Waals surface area contributed by atoms with Crippen molar-refractivity contribution in [1.29, 1.82) is 0 Å². The van der Waals surface area contributed by atoms with Gasteiger partial charge in [-0.15, -0.1) is 0 Å². The van der Waals surface area contributed by atoms with Gasteiger partial charge in [0.1, 0.15) is 5.82 Å². The van der Waals surface area contributed by atoms with Crippen molar-refractivity contribution < 1.29 is 22.4 Å². The molecule has 0 fully saturated rings. The molecule has 122 valence electrons. The van der Waals surface area contributed by atoms with Crippen LogP contribution in [0.3, 0.4) is 0 Å². The zero-order valence-electron chi connectivity index (χ0n) is 12.0. The maximum atomic E-state index is 13.5. The van der Waals surface area contributed by atoms with Gasteiger partial charge in [0.15, 0.2) is 0 Å². The van der Waals surface area contributed by atoms with Crippen molar-refractivity contribution in [3.05, 3.63) is 65.5 Å². The van der Waals surface area contributed by atoms with Gasteiger partial charge in [-0.05, 0) is 30.2 Å². The third-order valence-corrected chi connectivity index (χ3v) is 3.08. The quantitative estimate of drug-likeness (QED) is 0.812. The number of halogens is 4. The van der Waals surface area contributed by atoms with Crippen molar-refractivity contribution in [2.45, 2.75) is 12.6 Å². The Balaban J connectivity index is 1.92. The summed E-state index contributed by atoms with van der Waals surface area (Å²) in [6, 6.07) is 10.4. The number of carbonyl (C=O) groups excluding carboxylic acids is 1. The Hall–Kier alpha value is -2.57. The molecule has 0 aliphatic heterocycles. The van der Waals surface area contributed by atoms with Crippen LogP contribution in [-0.2, 0) is 12.6 Å². The molecule has 0 aromatic heterocycles. The second kappa shape index (κ2) is 7.13. The second-order valence-corrected chi connectivity index (χ2v) is 4.81. The zero-order valence-corrected chi connectivity index (χ0v) is 12.0. The van der Waals surface area contributed by atoms with Crippen molar-refractivity contribution in [2.24, 2.45) is 0 Å². The number of anilines is 1. The fourth-order valence-electron chi connectivity index (χ4n) is 1.93. The van der Waals surface area contributed by atoms with Crippen LogP contribution in [0.15, 0.2) is 48.5 Å². The van der Waals surface area contributed by atoms with Gasteiger partial charge in [-0.25, -0.2) is 9.18 Å². The maximum Gasteiger partial charge on any atom is 0.416 e. The van der Waals surface area contributed by atoms with Gasteiger partial charge in [-0.1, -0.05) is 30.3 Å². The predicted molar refractivity (Wildman–Crippen MR) is 78.6 cm³/mol. The van der Waals surface area contributed by atoms with Crippen LogP contribution in [0, 0.1) is 5.82 Å². The van der Waals surface area contributed by atoms with E-state index in [9.17, 15) is 22.4 Å². The van der Waals surface area contributed by atoms with Gasteiger partial charge in [-0.2, -0.15) is 13.2 Å². The van der Waals surface area contributed by atoms with Crippen molar-refractivity contribution in [3.63, 3.8) is 0 Å². The summed E-state index contributed by atoms with van der Waals surface area (Å²) in [5.74, 6) is -0.934. The first kappa shape index (κ1) is 16.8. The monoisotopic (exact) mass is 326 g/mol. The number of rotatable bonds is 4. The van der Waals surface area contributed by atoms with Crippen LogP contribution in [0.25, 0.3) is 0 Å². The summed E-state index contributed by atoms with van der Waals surface area (Å²) in [5, 5.41) is 4.55. The molecule has 0 radical (unpaired) electrons. The minimum Gasteiger partial charge on any atom is -0.338 e. The Kier molecular flexibility index (Phi) is 5.20. The smallest absolute Gasteiger partial charge is 0.338 e. The Labute approximate surface area is 130 Å². The van der Waals surface area contributed by atoms with E-state index in [2.05, 4.69) is 10.6 Å². The summed E-state index contributed by atoms with van der Waals surface area (Å²) in [7, 11) is 0. The number of carbonyl (C=O) groups is 1. The van der Waals surface area contributed by atoms with Crippen LogP contribution in [0.2, 0.25) is 0 Å². The molecule has 2 aromatic carbocycles. The lowest BCUT2D eigenvalue weighted by atomic mass is 10.1. The first-order valence-electron chi connectivity index (χ1n) is 6.82. The van der Waals surface area contributed by atoms with E-state index in [0.29, 0.717) is 24.6 Å². The summed E-state index contributed by atoms with van der Waals surface area (Å²) < 4.78 is 51.2. The molecule has 0 bridgehead atoms. The van der Waals surface area contributed by atoms with E-state index in [0.717, 1.165) is 5.56 Å². The largest absolute Gasteiger partial charge is 0.416 e. The highest BCUT2D eigenvalue weighted by Gasteiger charge is 2.31. The van der Waals surface area contributed by atoms with Gasteiger partial charge in [0.2, 0.25) is 0 Å². The molecule has 23 heavy (non-hydrogen) atoms. The minimum absolute atomic E-state index is 0.274. The normalized spacial score (nSPS) is 11.1. The molecular weight excluding hydrogens is 312 g/mol. The molecule has 2 aromatic rings. The molecule has 0 spiro atoms. The van der Waals surface area contributed by atoms with Gasteiger partial charge in [0, 0.05) is 6.54 Å². The fraction of sp³-hybridized carbons (Fsp3) is 0.188. The molecule has 0 saturated carbocycles. The molecule has 0 aliphatic carbocycles. The fourth-order valence-corrected chi connectivity index (χ4v) is 1.93. The number of hydrogen-bond acceptors (Lipinski definition) is 1. The molecule has 2 N–H and O–H groups in total. The molecule has 0 unspecified atom stereocenters. The van der Waals surface area contributed by atoms with Crippen molar-refractivity contribution >= 4 is 11.7 Å².